The zero-order valence-corrected chi connectivity index (χ0v) is 11.6. The molecule has 5 N–H and O–H groups in total. The summed E-state index contributed by atoms with van der Waals surface area (Å²) in [4.78, 5) is 11.3. The summed E-state index contributed by atoms with van der Waals surface area (Å²) < 4.78 is 4.00. The number of carbonyl (C=O) groups excluding carboxylic acids is 1. The predicted molar refractivity (Wildman–Crippen MR) is 74.7 cm³/mol. The van der Waals surface area contributed by atoms with Crippen molar-refractivity contribution in [2.45, 2.75) is 45.6 Å². The van der Waals surface area contributed by atoms with Crippen molar-refractivity contribution >= 4 is 28.3 Å². The first-order valence-corrected chi connectivity index (χ1v) is 6.98. The van der Waals surface area contributed by atoms with Gasteiger partial charge in [-0.2, -0.15) is 4.37 Å². The Morgan fingerprint density at radius 3 is 2.89 bits per heavy atom. The Kier molecular flexibility index (Phi) is 3.47. The van der Waals surface area contributed by atoms with Crippen molar-refractivity contribution in [2.24, 2.45) is 11.1 Å². The van der Waals surface area contributed by atoms with Crippen LogP contribution < -0.4 is 16.8 Å². The molecule has 0 aromatic carbocycles. The van der Waals surface area contributed by atoms with Gasteiger partial charge in [0, 0.05) is 6.04 Å². The molecule has 1 aromatic rings. The number of nitrogens with zero attached hydrogens (tertiary/aromatic N) is 1. The second-order valence-electron chi connectivity index (χ2n) is 5.74. The fourth-order valence-electron chi connectivity index (χ4n) is 2.65. The number of hydrogen-bond acceptors (Lipinski definition) is 5. The van der Waals surface area contributed by atoms with E-state index in [2.05, 4.69) is 23.5 Å². The van der Waals surface area contributed by atoms with E-state index in [1.54, 1.807) is 0 Å². The van der Waals surface area contributed by atoms with Crippen LogP contribution in [0.1, 0.15) is 49.9 Å². The van der Waals surface area contributed by atoms with E-state index in [1.165, 1.54) is 24.4 Å². The van der Waals surface area contributed by atoms with E-state index < -0.39 is 5.91 Å². The first-order valence-electron chi connectivity index (χ1n) is 6.20. The fraction of sp³-hybridized carbons (Fsp3) is 0.667. The number of nitrogen functional groups attached to an aromatic ring is 1. The van der Waals surface area contributed by atoms with Gasteiger partial charge in [0.1, 0.15) is 10.6 Å². The van der Waals surface area contributed by atoms with Crippen molar-refractivity contribution in [1.29, 1.82) is 0 Å². The van der Waals surface area contributed by atoms with Crippen molar-refractivity contribution < 1.29 is 4.79 Å². The zero-order chi connectivity index (χ0) is 13.3. The monoisotopic (exact) mass is 268 g/mol. The maximum atomic E-state index is 11.3. The molecule has 0 spiro atoms. The van der Waals surface area contributed by atoms with Crippen molar-refractivity contribution in [3.05, 3.63) is 5.56 Å². The average Bonchev–Trinajstić information content (AvgIpc) is 2.58. The molecule has 1 aliphatic carbocycles. The van der Waals surface area contributed by atoms with Crippen molar-refractivity contribution in [3.63, 3.8) is 0 Å². The van der Waals surface area contributed by atoms with E-state index in [0.717, 1.165) is 12.8 Å². The van der Waals surface area contributed by atoms with Gasteiger partial charge in [-0.3, -0.25) is 4.79 Å². The molecule has 18 heavy (non-hydrogen) atoms. The molecule has 5 nitrogen and oxygen atoms in total. The molecule has 1 amide bonds. The van der Waals surface area contributed by atoms with Gasteiger partial charge in [0.2, 0.25) is 0 Å². The molecule has 0 bridgehead atoms. The van der Waals surface area contributed by atoms with Crippen molar-refractivity contribution in [2.75, 3.05) is 11.1 Å². The standard InChI is InChI=1S/C12H20N4OS/c1-12(2)5-3-4-7(6-12)15-11-8(10(14)17)9(13)16-18-11/h7,15H,3-6H2,1-2H3,(H2,13,16)(H2,14,17). The highest BCUT2D eigenvalue weighted by molar-refractivity contribution is 7.11. The second kappa shape index (κ2) is 4.76. The molecule has 6 heteroatoms. The molecule has 0 saturated heterocycles. The highest BCUT2D eigenvalue weighted by Gasteiger charge is 2.29. The minimum atomic E-state index is -0.515. The molecule has 0 aliphatic heterocycles. The molecule has 1 saturated carbocycles. The maximum absolute atomic E-state index is 11.3. The summed E-state index contributed by atoms with van der Waals surface area (Å²) in [5.74, 6) is -0.288. The van der Waals surface area contributed by atoms with E-state index >= 15 is 0 Å². The van der Waals surface area contributed by atoms with Gasteiger partial charge in [-0.25, -0.2) is 0 Å². The van der Waals surface area contributed by atoms with E-state index in [9.17, 15) is 4.79 Å². The van der Waals surface area contributed by atoms with Crippen LogP contribution in [0.15, 0.2) is 0 Å². The first-order chi connectivity index (χ1) is 8.39. The quantitative estimate of drug-likeness (QED) is 0.783. The van der Waals surface area contributed by atoms with Gasteiger partial charge >= 0.3 is 0 Å². The third kappa shape index (κ3) is 2.75. The fourth-order valence-corrected chi connectivity index (χ4v) is 3.44. The number of hydrogen-bond donors (Lipinski definition) is 3. The SMILES string of the molecule is CC1(C)CCCC(Nc2snc(N)c2C(N)=O)C1. The Labute approximate surface area is 111 Å². The summed E-state index contributed by atoms with van der Waals surface area (Å²) in [6.07, 6.45) is 4.64. The summed E-state index contributed by atoms with van der Waals surface area (Å²) in [6.45, 7) is 4.55. The normalized spacial score (nSPS) is 22.7. The third-order valence-electron chi connectivity index (χ3n) is 3.51. The smallest absolute Gasteiger partial charge is 0.255 e. The topological polar surface area (TPSA) is 94.0 Å². The second-order valence-corrected chi connectivity index (χ2v) is 6.51. The van der Waals surface area contributed by atoms with Gasteiger partial charge in [0.05, 0.1) is 0 Å². The number of anilines is 2. The largest absolute Gasteiger partial charge is 0.382 e. The first kappa shape index (κ1) is 13.1. The molecule has 1 aliphatic rings. The van der Waals surface area contributed by atoms with Crippen LogP contribution in [0.5, 0.6) is 0 Å². The lowest BCUT2D eigenvalue weighted by atomic mass is 9.75. The van der Waals surface area contributed by atoms with Gasteiger partial charge < -0.3 is 16.8 Å². The lowest BCUT2D eigenvalue weighted by molar-refractivity contribution is 0.100. The van der Waals surface area contributed by atoms with Crippen LogP contribution in [-0.2, 0) is 0 Å². The molecule has 1 fully saturated rings. The van der Waals surface area contributed by atoms with Crippen LogP contribution >= 0.6 is 11.5 Å². The number of nitrogens with one attached hydrogen (secondary N) is 1. The highest BCUT2D eigenvalue weighted by atomic mass is 32.1. The molecule has 1 heterocycles. The zero-order valence-electron chi connectivity index (χ0n) is 10.8. The van der Waals surface area contributed by atoms with Crippen LogP contribution in [0, 0.1) is 5.41 Å². The van der Waals surface area contributed by atoms with Crippen LogP contribution in [0.3, 0.4) is 0 Å². The minimum absolute atomic E-state index is 0.227. The van der Waals surface area contributed by atoms with Crippen LogP contribution in [0.4, 0.5) is 10.8 Å². The Morgan fingerprint density at radius 2 is 2.28 bits per heavy atom. The van der Waals surface area contributed by atoms with Crippen molar-refractivity contribution in [1.82, 2.24) is 4.37 Å². The summed E-state index contributed by atoms with van der Waals surface area (Å²) in [5.41, 5.74) is 11.7. The van der Waals surface area contributed by atoms with Gasteiger partial charge in [-0.05, 0) is 36.2 Å². The lowest BCUT2D eigenvalue weighted by Gasteiger charge is -2.35. The highest BCUT2D eigenvalue weighted by Crippen LogP contribution is 2.37. The lowest BCUT2D eigenvalue weighted by Crippen LogP contribution is -2.32. The van der Waals surface area contributed by atoms with Crippen LogP contribution in [-0.4, -0.2) is 16.3 Å². The average molecular weight is 268 g/mol. The van der Waals surface area contributed by atoms with E-state index in [4.69, 9.17) is 11.5 Å². The van der Waals surface area contributed by atoms with E-state index in [0.29, 0.717) is 22.0 Å². The Bertz CT molecular complexity index is 455. The molecule has 2 rings (SSSR count). The minimum Gasteiger partial charge on any atom is -0.382 e. The Balaban J connectivity index is 2.12. The molecule has 1 aromatic heterocycles. The van der Waals surface area contributed by atoms with Gasteiger partial charge in [0.15, 0.2) is 5.82 Å². The van der Waals surface area contributed by atoms with Gasteiger partial charge in [0.25, 0.3) is 5.91 Å². The number of nitrogens with two attached hydrogens (primary N) is 2. The summed E-state index contributed by atoms with van der Waals surface area (Å²) in [6, 6.07) is 0.367. The number of aromatic nitrogens is 1. The number of primary amides is 1. The number of carbonyl (C=O) groups is 1. The summed E-state index contributed by atoms with van der Waals surface area (Å²) in [5, 5.41) is 4.09. The predicted octanol–water partition coefficient (Wildman–Crippen LogP) is 2.20. The Hall–Kier alpha value is -1.30. The van der Waals surface area contributed by atoms with Crippen LogP contribution in [0.2, 0.25) is 0 Å². The number of rotatable bonds is 3. The molecule has 100 valence electrons. The van der Waals surface area contributed by atoms with E-state index in [-0.39, 0.29) is 5.82 Å². The van der Waals surface area contributed by atoms with Crippen molar-refractivity contribution in [3.8, 4) is 0 Å². The van der Waals surface area contributed by atoms with Gasteiger partial charge in [-0.15, -0.1) is 0 Å². The summed E-state index contributed by atoms with van der Waals surface area (Å²) in [7, 11) is 0. The summed E-state index contributed by atoms with van der Waals surface area (Å²) >= 11 is 1.21. The molecule has 0 radical (unpaired) electrons. The van der Waals surface area contributed by atoms with Gasteiger partial charge in [-0.1, -0.05) is 20.3 Å². The van der Waals surface area contributed by atoms with Crippen LogP contribution in [0.25, 0.3) is 0 Å². The Morgan fingerprint density at radius 1 is 1.56 bits per heavy atom. The molecular formula is C12H20N4OS. The third-order valence-corrected chi connectivity index (χ3v) is 4.30. The van der Waals surface area contributed by atoms with E-state index in [1.807, 2.05) is 0 Å². The molecular weight excluding hydrogens is 248 g/mol. The molecule has 1 atom stereocenters. The maximum Gasteiger partial charge on any atom is 0.255 e. The number of amides is 1. The molecule has 1 unspecified atom stereocenters.